The van der Waals surface area contributed by atoms with Gasteiger partial charge in [0.05, 0.1) is 6.10 Å². The summed E-state index contributed by atoms with van der Waals surface area (Å²) in [4.78, 5) is 2.11. The van der Waals surface area contributed by atoms with E-state index in [9.17, 15) is 4.39 Å². The average Bonchev–Trinajstić information content (AvgIpc) is 2.81. The summed E-state index contributed by atoms with van der Waals surface area (Å²) < 4.78 is 18.9. The second-order valence-corrected chi connectivity index (χ2v) is 5.01. The molecule has 0 aromatic heterocycles. The molecule has 0 saturated carbocycles. The summed E-state index contributed by atoms with van der Waals surface area (Å²) in [6.07, 6.45) is 2.50. The molecule has 1 aliphatic rings. The molecule has 1 aromatic rings. The topological polar surface area (TPSA) is 38.5 Å². The molecule has 0 spiro atoms. The maximum absolute atomic E-state index is 13.3. The van der Waals surface area contributed by atoms with E-state index in [2.05, 4.69) is 4.90 Å². The number of nitrogens with two attached hydrogens (primary N) is 1. The van der Waals surface area contributed by atoms with Gasteiger partial charge in [0.1, 0.15) is 5.82 Å². The summed E-state index contributed by atoms with van der Waals surface area (Å²) in [5, 5.41) is 0. The monoisotopic (exact) mass is 252 g/mol. The SMILES string of the molecule is C[C@H](N)c1cc(F)ccc1N(C)CC1CCCO1. The zero-order valence-corrected chi connectivity index (χ0v) is 11.0. The number of benzene rings is 1. The van der Waals surface area contributed by atoms with Crippen molar-refractivity contribution in [3.63, 3.8) is 0 Å². The van der Waals surface area contributed by atoms with Crippen molar-refractivity contribution >= 4 is 5.69 Å². The number of halogens is 1. The molecule has 4 heteroatoms. The Hall–Kier alpha value is -1.13. The Morgan fingerprint density at radius 3 is 2.94 bits per heavy atom. The number of nitrogens with zero attached hydrogens (tertiary/aromatic N) is 1. The smallest absolute Gasteiger partial charge is 0.123 e. The van der Waals surface area contributed by atoms with Crippen molar-refractivity contribution < 1.29 is 9.13 Å². The van der Waals surface area contributed by atoms with Crippen LogP contribution in [0.2, 0.25) is 0 Å². The first kappa shape index (κ1) is 13.3. The lowest BCUT2D eigenvalue weighted by atomic mass is 10.1. The van der Waals surface area contributed by atoms with E-state index in [0.29, 0.717) is 0 Å². The zero-order valence-electron chi connectivity index (χ0n) is 11.0. The third kappa shape index (κ3) is 3.00. The van der Waals surface area contributed by atoms with Gasteiger partial charge in [-0.15, -0.1) is 0 Å². The van der Waals surface area contributed by atoms with Crippen molar-refractivity contribution in [1.82, 2.24) is 0 Å². The molecule has 3 nitrogen and oxygen atoms in total. The Labute approximate surface area is 108 Å². The Balaban J connectivity index is 2.15. The summed E-state index contributed by atoms with van der Waals surface area (Å²) in [6.45, 7) is 3.55. The molecule has 100 valence electrons. The number of hydrogen-bond donors (Lipinski definition) is 1. The minimum atomic E-state index is -0.239. The van der Waals surface area contributed by atoms with E-state index in [-0.39, 0.29) is 18.0 Å². The minimum absolute atomic E-state index is 0.178. The van der Waals surface area contributed by atoms with Crippen LogP contribution in [-0.4, -0.2) is 26.3 Å². The summed E-state index contributed by atoms with van der Waals surface area (Å²) in [6, 6.07) is 4.62. The Kier molecular flexibility index (Phi) is 4.19. The first-order valence-corrected chi connectivity index (χ1v) is 6.45. The van der Waals surface area contributed by atoms with Gasteiger partial charge in [0.25, 0.3) is 0 Å². The third-order valence-corrected chi connectivity index (χ3v) is 3.39. The van der Waals surface area contributed by atoms with Crippen LogP contribution < -0.4 is 10.6 Å². The van der Waals surface area contributed by atoms with Crippen LogP contribution in [0.25, 0.3) is 0 Å². The molecule has 1 aromatic carbocycles. The van der Waals surface area contributed by atoms with Crippen molar-refractivity contribution in [1.29, 1.82) is 0 Å². The number of likely N-dealkylation sites (N-methyl/N-ethyl adjacent to an activating group) is 1. The maximum Gasteiger partial charge on any atom is 0.123 e. The van der Waals surface area contributed by atoms with E-state index in [1.54, 1.807) is 6.07 Å². The van der Waals surface area contributed by atoms with Crippen LogP contribution in [0.5, 0.6) is 0 Å². The van der Waals surface area contributed by atoms with Gasteiger partial charge in [0.2, 0.25) is 0 Å². The van der Waals surface area contributed by atoms with Gasteiger partial charge in [0, 0.05) is 31.9 Å². The molecule has 1 unspecified atom stereocenters. The molecule has 1 heterocycles. The van der Waals surface area contributed by atoms with Crippen LogP contribution in [0.3, 0.4) is 0 Å². The highest BCUT2D eigenvalue weighted by molar-refractivity contribution is 5.54. The lowest BCUT2D eigenvalue weighted by Gasteiger charge is -2.26. The highest BCUT2D eigenvalue weighted by Gasteiger charge is 2.19. The van der Waals surface area contributed by atoms with Crippen LogP contribution in [0.4, 0.5) is 10.1 Å². The second kappa shape index (κ2) is 5.67. The van der Waals surface area contributed by atoms with Crippen LogP contribution in [-0.2, 0) is 4.74 Å². The maximum atomic E-state index is 13.3. The molecule has 0 radical (unpaired) electrons. The van der Waals surface area contributed by atoms with Crippen LogP contribution in [0.15, 0.2) is 18.2 Å². The number of rotatable bonds is 4. The highest BCUT2D eigenvalue weighted by Crippen LogP contribution is 2.26. The van der Waals surface area contributed by atoms with Crippen LogP contribution >= 0.6 is 0 Å². The fourth-order valence-electron chi connectivity index (χ4n) is 2.43. The van der Waals surface area contributed by atoms with E-state index >= 15 is 0 Å². The first-order valence-electron chi connectivity index (χ1n) is 6.45. The average molecular weight is 252 g/mol. The van der Waals surface area contributed by atoms with E-state index in [1.807, 2.05) is 14.0 Å². The van der Waals surface area contributed by atoms with Crippen molar-refractivity contribution in [3.8, 4) is 0 Å². The molecule has 0 aliphatic carbocycles. The molecule has 1 saturated heterocycles. The van der Waals surface area contributed by atoms with Gasteiger partial charge in [-0.05, 0) is 43.5 Å². The van der Waals surface area contributed by atoms with Crippen LogP contribution in [0, 0.1) is 5.82 Å². The van der Waals surface area contributed by atoms with Crippen molar-refractivity contribution in [2.24, 2.45) is 5.73 Å². The molecule has 2 rings (SSSR count). The molecule has 2 N–H and O–H groups in total. The number of anilines is 1. The Morgan fingerprint density at radius 2 is 2.33 bits per heavy atom. The lowest BCUT2D eigenvalue weighted by molar-refractivity contribution is 0.116. The van der Waals surface area contributed by atoms with Gasteiger partial charge < -0.3 is 15.4 Å². The van der Waals surface area contributed by atoms with Gasteiger partial charge in [-0.2, -0.15) is 0 Å². The second-order valence-electron chi connectivity index (χ2n) is 5.01. The molecule has 18 heavy (non-hydrogen) atoms. The molecule has 1 fully saturated rings. The van der Waals surface area contributed by atoms with Gasteiger partial charge in [-0.1, -0.05) is 0 Å². The van der Waals surface area contributed by atoms with Crippen molar-refractivity contribution in [3.05, 3.63) is 29.6 Å². The standard InChI is InChI=1S/C14H21FN2O/c1-10(16)13-8-11(15)5-6-14(13)17(2)9-12-4-3-7-18-12/h5-6,8,10,12H,3-4,7,9,16H2,1-2H3/t10-,12?/m0/s1. The molecular weight excluding hydrogens is 231 g/mol. The van der Waals surface area contributed by atoms with Gasteiger partial charge >= 0.3 is 0 Å². The van der Waals surface area contributed by atoms with Gasteiger partial charge in [-0.25, -0.2) is 4.39 Å². The van der Waals surface area contributed by atoms with Crippen LogP contribution in [0.1, 0.15) is 31.4 Å². The molecular formula is C14H21FN2O. The molecule has 1 aliphatic heterocycles. The normalized spacial score (nSPS) is 21.0. The molecule has 0 amide bonds. The number of ether oxygens (including phenoxy) is 1. The lowest BCUT2D eigenvalue weighted by Crippen LogP contribution is -2.30. The fraction of sp³-hybridized carbons (Fsp3) is 0.571. The fourth-order valence-corrected chi connectivity index (χ4v) is 2.43. The minimum Gasteiger partial charge on any atom is -0.376 e. The first-order chi connectivity index (χ1) is 8.58. The molecule has 0 bridgehead atoms. The van der Waals surface area contributed by atoms with Gasteiger partial charge in [-0.3, -0.25) is 0 Å². The van der Waals surface area contributed by atoms with Crippen molar-refractivity contribution in [2.45, 2.75) is 31.9 Å². The quantitative estimate of drug-likeness (QED) is 0.894. The summed E-state index contributed by atoms with van der Waals surface area (Å²) in [5.74, 6) is -0.239. The zero-order chi connectivity index (χ0) is 13.1. The number of hydrogen-bond acceptors (Lipinski definition) is 3. The largest absolute Gasteiger partial charge is 0.376 e. The Bertz CT molecular complexity index is 403. The van der Waals surface area contributed by atoms with E-state index < -0.39 is 0 Å². The third-order valence-electron chi connectivity index (χ3n) is 3.39. The van der Waals surface area contributed by atoms with E-state index in [0.717, 1.165) is 37.2 Å². The molecule has 2 atom stereocenters. The predicted octanol–water partition coefficient (Wildman–Crippen LogP) is 2.46. The van der Waals surface area contributed by atoms with Crippen molar-refractivity contribution in [2.75, 3.05) is 25.1 Å². The van der Waals surface area contributed by atoms with E-state index in [1.165, 1.54) is 12.1 Å². The van der Waals surface area contributed by atoms with E-state index in [4.69, 9.17) is 10.5 Å². The Morgan fingerprint density at radius 1 is 1.56 bits per heavy atom. The summed E-state index contributed by atoms with van der Waals surface area (Å²) in [5.41, 5.74) is 7.74. The predicted molar refractivity (Wildman–Crippen MR) is 71.2 cm³/mol. The highest BCUT2D eigenvalue weighted by atomic mass is 19.1. The summed E-state index contributed by atoms with van der Waals surface area (Å²) >= 11 is 0. The summed E-state index contributed by atoms with van der Waals surface area (Å²) in [7, 11) is 2.00. The van der Waals surface area contributed by atoms with Gasteiger partial charge in [0.15, 0.2) is 0 Å².